The van der Waals surface area contributed by atoms with Gasteiger partial charge < -0.3 is 9.88 Å². The van der Waals surface area contributed by atoms with Gasteiger partial charge in [-0.3, -0.25) is 4.79 Å². The number of aromatic amines is 1. The molecule has 0 amide bonds. The van der Waals surface area contributed by atoms with Gasteiger partial charge in [-0.25, -0.2) is 0 Å². The number of rotatable bonds is 2. The summed E-state index contributed by atoms with van der Waals surface area (Å²) in [6.07, 6.45) is 1.08. The normalized spacial score (nSPS) is 14.4. The second-order valence-electron chi connectivity index (χ2n) is 4.59. The lowest BCUT2D eigenvalue weighted by molar-refractivity contribution is 0.101. The van der Waals surface area contributed by atoms with E-state index in [4.69, 9.17) is 0 Å². The molecule has 0 bridgehead atoms. The fourth-order valence-electron chi connectivity index (χ4n) is 2.70. The van der Waals surface area contributed by atoms with Crippen LogP contribution in [0, 0.1) is 0 Å². The van der Waals surface area contributed by atoms with E-state index in [2.05, 4.69) is 28.9 Å². The van der Waals surface area contributed by atoms with E-state index in [0.717, 1.165) is 25.0 Å². The van der Waals surface area contributed by atoms with Crippen molar-refractivity contribution in [3.8, 4) is 0 Å². The van der Waals surface area contributed by atoms with Gasteiger partial charge in [-0.2, -0.15) is 0 Å². The van der Waals surface area contributed by atoms with Crippen molar-refractivity contribution >= 4 is 22.4 Å². The summed E-state index contributed by atoms with van der Waals surface area (Å²) in [5.74, 6) is 0.0975. The molecule has 0 saturated carbocycles. The largest absolute Gasteiger partial charge is 0.371 e. The van der Waals surface area contributed by atoms with Crippen molar-refractivity contribution in [3.05, 3.63) is 29.5 Å². The smallest absolute Gasteiger partial charge is 0.175 e. The number of carbonyl (C=O) groups is 1. The predicted molar refractivity (Wildman–Crippen MR) is 69.9 cm³/mol. The average molecular weight is 228 g/mol. The summed E-state index contributed by atoms with van der Waals surface area (Å²) in [5.41, 5.74) is 4.50. The number of benzene rings is 1. The van der Waals surface area contributed by atoms with Crippen molar-refractivity contribution in [3.63, 3.8) is 0 Å². The Kier molecular flexibility index (Phi) is 2.21. The maximum atomic E-state index is 11.4. The summed E-state index contributed by atoms with van der Waals surface area (Å²) < 4.78 is 0. The monoisotopic (exact) mass is 228 g/mol. The molecule has 2 aromatic rings. The first-order valence-electron chi connectivity index (χ1n) is 6.11. The number of hydrogen-bond donors (Lipinski definition) is 1. The molecule has 17 heavy (non-hydrogen) atoms. The first-order chi connectivity index (χ1) is 8.20. The van der Waals surface area contributed by atoms with E-state index in [1.165, 1.54) is 16.6 Å². The van der Waals surface area contributed by atoms with Gasteiger partial charge in [-0.15, -0.1) is 0 Å². The van der Waals surface area contributed by atoms with Crippen molar-refractivity contribution < 1.29 is 4.79 Å². The highest BCUT2D eigenvalue weighted by Crippen LogP contribution is 2.34. The summed E-state index contributed by atoms with van der Waals surface area (Å²) in [7, 11) is 0. The lowest BCUT2D eigenvalue weighted by atomic mass is 10.1. The molecule has 0 unspecified atom stereocenters. The Morgan fingerprint density at radius 1 is 1.47 bits per heavy atom. The van der Waals surface area contributed by atoms with E-state index in [1.54, 1.807) is 6.92 Å². The van der Waals surface area contributed by atoms with Gasteiger partial charge in [0.2, 0.25) is 0 Å². The van der Waals surface area contributed by atoms with E-state index < -0.39 is 0 Å². The molecule has 0 radical (unpaired) electrons. The minimum atomic E-state index is 0.0975. The zero-order chi connectivity index (χ0) is 12.0. The number of ketones is 1. The van der Waals surface area contributed by atoms with E-state index in [9.17, 15) is 4.79 Å². The summed E-state index contributed by atoms with van der Waals surface area (Å²) in [6, 6.07) is 6.23. The highest BCUT2D eigenvalue weighted by molar-refractivity contribution is 6.00. The highest BCUT2D eigenvalue weighted by Gasteiger charge is 2.21. The van der Waals surface area contributed by atoms with Crippen molar-refractivity contribution in [2.24, 2.45) is 0 Å². The number of hydrogen-bond acceptors (Lipinski definition) is 2. The van der Waals surface area contributed by atoms with Crippen LogP contribution in [0.2, 0.25) is 0 Å². The van der Waals surface area contributed by atoms with E-state index in [-0.39, 0.29) is 5.78 Å². The van der Waals surface area contributed by atoms with Gasteiger partial charge in [-0.05, 0) is 37.1 Å². The third-order valence-electron chi connectivity index (χ3n) is 3.62. The zero-order valence-corrected chi connectivity index (χ0v) is 10.2. The minimum Gasteiger partial charge on any atom is -0.371 e. The number of nitrogens with one attached hydrogen (secondary N) is 1. The molecule has 1 aliphatic heterocycles. The number of nitrogens with zero attached hydrogens (tertiary/aromatic N) is 1. The average Bonchev–Trinajstić information content (AvgIpc) is 2.91. The second kappa shape index (κ2) is 3.62. The number of likely N-dealkylation sites (N-methyl/N-ethyl adjacent to an activating group) is 1. The number of anilines is 1. The Morgan fingerprint density at radius 3 is 3.00 bits per heavy atom. The minimum absolute atomic E-state index is 0.0975. The van der Waals surface area contributed by atoms with Crippen LogP contribution in [0.3, 0.4) is 0 Å². The number of carbonyl (C=O) groups excluding carboxylic acids is 1. The van der Waals surface area contributed by atoms with Crippen LogP contribution >= 0.6 is 0 Å². The molecule has 0 spiro atoms. The molecule has 0 aliphatic carbocycles. The van der Waals surface area contributed by atoms with Crippen LogP contribution < -0.4 is 4.90 Å². The van der Waals surface area contributed by atoms with Crippen LogP contribution in [0.5, 0.6) is 0 Å². The van der Waals surface area contributed by atoms with Gasteiger partial charge in [-0.1, -0.05) is 0 Å². The lowest BCUT2D eigenvalue weighted by Crippen LogP contribution is -2.18. The fourth-order valence-corrected chi connectivity index (χ4v) is 2.70. The molecule has 0 atom stereocenters. The molecule has 1 aliphatic rings. The summed E-state index contributed by atoms with van der Waals surface area (Å²) in [4.78, 5) is 17.0. The van der Waals surface area contributed by atoms with E-state index >= 15 is 0 Å². The molecule has 3 heteroatoms. The van der Waals surface area contributed by atoms with Crippen LogP contribution in [0.15, 0.2) is 18.2 Å². The summed E-state index contributed by atoms with van der Waals surface area (Å²) in [5, 5.41) is 1.21. The molecular weight excluding hydrogens is 212 g/mol. The van der Waals surface area contributed by atoms with Gasteiger partial charge >= 0.3 is 0 Å². The molecule has 1 N–H and O–H groups in total. The molecule has 1 aromatic carbocycles. The maximum Gasteiger partial charge on any atom is 0.175 e. The molecule has 2 heterocycles. The Bertz CT molecular complexity index is 598. The van der Waals surface area contributed by atoms with Gasteiger partial charge in [0, 0.05) is 36.6 Å². The van der Waals surface area contributed by atoms with Crippen molar-refractivity contribution in [2.75, 3.05) is 18.0 Å². The van der Waals surface area contributed by atoms with Crippen LogP contribution in [-0.2, 0) is 6.42 Å². The number of fused-ring (bicyclic) bond motifs is 3. The Hall–Kier alpha value is -1.77. The molecule has 0 saturated heterocycles. The number of aromatic nitrogens is 1. The summed E-state index contributed by atoms with van der Waals surface area (Å²) >= 11 is 0. The quantitative estimate of drug-likeness (QED) is 0.802. The Labute approximate surface area is 100 Å². The molecule has 3 rings (SSSR count). The third-order valence-corrected chi connectivity index (χ3v) is 3.62. The third kappa shape index (κ3) is 1.46. The molecule has 1 aromatic heterocycles. The molecule has 88 valence electrons. The van der Waals surface area contributed by atoms with Gasteiger partial charge in [0.05, 0.1) is 5.69 Å². The van der Waals surface area contributed by atoms with Gasteiger partial charge in [0.1, 0.15) is 0 Å². The topological polar surface area (TPSA) is 36.1 Å². The first-order valence-corrected chi connectivity index (χ1v) is 6.11. The Balaban J connectivity index is 2.22. The van der Waals surface area contributed by atoms with Crippen molar-refractivity contribution in [1.82, 2.24) is 4.98 Å². The second-order valence-corrected chi connectivity index (χ2v) is 4.59. The SMILES string of the molecule is CCN1CCc2c1ccc1[nH]c(C(C)=O)cc21. The van der Waals surface area contributed by atoms with Crippen LogP contribution in [-0.4, -0.2) is 23.9 Å². The van der Waals surface area contributed by atoms with Crippen molar-refractivity contribution in [2.45, 2.75) is 20.3 Å². The molecule has 3 nitrogen and oxygen atoms in total. The van der Waals surface area contributed by atoms with Crippen LogP contribution in [0.4, 0.5) is 5.69 Å². The molecular formula is C14H16N2O. The molecule has 0 fully saturated rings. The summed E-state index contributed by atoms with van der Waals surface area (Å²) in [6.45, 7) is 5.91. The number of H-pyrrole nitrogens is 1. The van der Waals surface area contributed by atoms with Crippen molar-refractivity contribution in [1.29, 1.82) is 0 Å². The van der Waals surface area contributed by atoms with E-state index in [0.29, 0.717) is 5.69 Å². The van der Waals surface area contributed by atoms with Crippen LogP contribution in [0.25, 0.3) is 10.9 Å². The predicted octanol–water partition coefficient (Wildman–Crippen LogP) is 2.75. The standard InChI is InChI=1S/C14H16N2O/c1-3-16-7-6-10-11-8-13(9(2)17)15-12(11)4-5-14(10)16/h4-5,8,15H,3,6-7H2,1-2H3. The van der Waals surface area contributed by atoms with E-state index in [1.807, 2.05) is 6.07 Å². The maximum absolute atomic E-state index is 11.4. The van der Waals surface area contributed by atoms with Gasteiger partial charge in [0.15, 0.2) is 5.78 Å². The lowest BCUT2D eigenvalue weighted by Gasteiger charge is -2.16. The highest BCUT2D eigenvalue weighted by atomic mass is 16.1. The number of Topliss-reactive ketones (excluding diaryl/α,β-unsaturated/α-hetero) is 1. The Morgan fingerprint density at radius 2 is 2.29 bits per heavy atom. The van der Waals surface area contributed by atoms with Gasteiger partial charge in [0.25, 0.3) is 0 Å². The first kappa shape index (κ1) is 10.4. The fraction of sp³-hybridized carbons (Fsp3) is 0.357. The van der Waals surface area contributed by atoms with Crippen LogP contribution in [0.1, 0.15) is 29.9 Å². The zero-order valence-electron chi connectivity index (χ0n) is 10.2.